The molecule has 0 aliphatic rings. The third kappa shape index (κ3) is 3.36. The average molecular weight is 144 g/mol. The molecule has 54 valence electrons. The minimum atomic E-state index is -1.67. The first-order chi connectivity index (χ1) is 4.54. The Hall–Kier alpha value is -1.65. The van der Waals surface area contributed by atoms with E-state index < -0.39 is 17.7 Å². The first-order valence-electron chi connectivity index (χ1n) is 2.22. The highest BCUT2D eigenvalue weighted by Crippen LogP contribution is 1.76. The number of aliphatic carboxylic acids is 2. The normalized spacial score (nSPS) is 9.60. The Morgan fingerprint density at radius 3 is 1.80 bits per heavy atom. The number of hydrogen-bond acceptors (Lipinski definition) is 3. The van der Waals surface area contributed by atoms with Gasteiger partial charge >= 0.3 is 11.9 Å². The fourth-order valence-corrected chi connectivity index (χ4v) is 0.218. The lowest BCUT2D eigenvalue weighted by atomic mass is 10.3. The van der Waals surface area contributed by atoms with Crippen LogP contribution in [0.15, 0.2) is 12.2 Å². The number of carboxylic acid groups (broad SMARTS) is 2. The molecule has 0 aliphatic carbocycles. The third-order valence-corrected chi connectivity index (χ3v) is 0.588. The molecular weight excluding hydrogens is 140 g/mol. The molecule has 0 spiro atoms. The molecule has 0 amide bonds. The predicted octanol–water partition coefficient (Wildman–Crippen LogP) is -0.719. The van der Waals surface area contributed by atoms with Crippen molar-refractivity contribution in [2.75, 3.05) is 0 Å². The summed E-state index contributed by atoms with van der Waals surface area (Å²) in [7, 11) is 0. The third-order valence-electron chi connectivity index (χ3n) is 0.588. The Morgan fingerprint density at radius 2 is 1.50 bits per heavy atom. The van der Waals surface area contributed by atoms with Crippen molar-refractivity contribution in [3.63, 3.8) is 0 Å². The summed E-state index contributed by atoms with van der Waals surface area (Å²) < 4.78 is 0. The van der Waals surface area contributed by atoms with Crippen LogP contribution in [0.3, 0.4) is 0 Å². The summed E-state index contributed by atoms with van der Waals surface area (Å²) in [5.74, 6) is -4.27. The number of carbonyl (C=O) groups excluding carboxylic acids is 1. The lowest BCUT2D eigenvalue weighted by Gasteiger charge is -1.80. The lowest BCUT2D eigenvalue weighted by molar-refractivity contribution is -0.146. The van der Waals surface area contributed by atoms with Crippen molar-refractivity contribution in [1.29, 1.82) is 0 Å². The number of hydrogen-bond donors (Lipinski definition) is 2. The molecule has 5 nitrogen and oxygen atoms in total. The van der Waals surface area contributed by atoms with Crippen molar-refractivity contribution in [3.8, 4) is 0 Å². The number of carboxylic acids is 2. The molecule has 0 aliphatic heterocycles. The number of carbonyl (C=O) groups is 3. The lowest BCUT2D eigenvalue weighted by Crippen LogP contribution is -2.09. The Balaban J connectivity index is 4.03. The van der Waals surface area contributed by atoms with Crippen LogP contribution >= 0.6 is 0 Å². The maximum atomic E-state index is 10.1. The van der Waals surface area contributed by atoms with E-state index in [1.807, 2.05) is 0 Å². The average Bonchev–Trinajstić information content (AvgIpc) is 1.82. The summed E-state index contributed by atoms with van der Waals surface area (Å²) in [6.45, 7) is 0. The molecule has 0 aromatic carbocycles. The van der Waals surface area contributed by atoms with Gasteiger partial charge in [0.15, 0.2) is 0 Å². The van der Waals surface area contributed by atoms with Crippen LogP contribution in [0.4, 0.5) is 0 Å². The van der Waals surface area contributed by atoms with Crippen molar-refractivity contribution in [3.05, 3.63) is 12.2 Å². The maximum Gasteiger partial charge on any atom is 0.376 e. The Labute approximate surface area is 55.6 Å². The monoisotopic (exact) mass is 144 g/mol. The highest BCUT2D eigenvalue weighted by Gasteiger charge is 2.05. The molecule has 0 saturated carbocycles. The van der Waals surface area contributed by atoms with Crippen LogP contribution in [0, 0.1) is 0 Å². The second-order valence-electron chi connectivity index (χ2n) is 1.34. The fourth-order valence-electron chi connectivity index (χ4n) is 0.218. The van der Waals surface area contributed by atoms with Gasteiger partial charge in [0.05, 0.1) is 0 Å². The minimum absolute atomic E-state index is 0.469. The summed E-state index contributed by atoms with van der Waals surface area (Å²) in [5, 5.41) is 15.8. The van der Waals surface area contributed by atoms with E-state index in [4.69, 9.17) is 10.2 Å². The quantitative estimate of drug-likeness (QED) is 0.403. The number of ketones is 1. The van der Waals surface area contributed by atoms with Crippen molar-refractivity contribution in [2.45, 2.75) is 0 Å². The molecule has 0 heterocycles. The molecule has 0 aromatic heterocycles. The SMILES string of the molecule is O=C(O)/C=C\C(=O)C(=O)O. The summed E-state index contributed by atoms with van der Waals surface area (Å²) in [6, 6.07) is 0. The van der Waals surface area contributed by atoms with Gasteiger partial charge in [-0.2, -0.15) is 0 Å². The van der Waals surface area contributed by atoms with Gasteiger partial charge in [-0.25, -0.2) is 9.59 Å². The summed E-state index contributed by atoms with van der Waals surface area (Å²) in [5.41, 5.74) is 0. The van der Waals surface area contributed by atoms with Crippen molar-refractivity contribution < 1.29 is 24.6 Å². The molecule has 0 atom stereocenters. The molecule has 0 saturated heterocycles. The van der Waals surface area contributed by atoms with E-state index in [1.54, 1.807) is 0 Å². The second-order valence-corrected chi connectivity index (χ2v) is 1.34. The zero-order valence-corrected chi connectivity index (χ0v) is 4.77. The Morgan fingerprint density at radius 1 is 1.00 bits per heavy atom. The summed E-state index contributed by atoms with van der Waals surface area (Å²) in [6.07, 6.45) is 0.946. The van der Waals surface area contributed by atoms with E-state index in [2.05, 4.69) is 0 Å². The second kappa shape index (κ2) is 3.39. The first kappa shape index (κ1) is 8.35. The van der Waals surface area contributed by atoms with E-state index in [0.29, 0.717) is 12.2 Å². The maximum absolute atomic E-state index is 10.1. The van der Waals surface area contributed by atoms with Crippen LogP contribution in [-0.4, -0.2) is 27.9 Å². The van der Waals surface area contributed by atoms with Crippen LogP contribution in [0.5, 0.6) is 0 Å². The highest BCUT2D eigenvalue weighted by atomic mass is 16.4. The molecule has 2 N–H and O–H groups in total. The molecule has 10 heavy (non-hydrogen) atoms. The standard InChI is InChI=1S/C5H4O5/c6-3(5(9)10)1-2-4(7)8/h1-2H,(H,7,8)(H,9,10)/b2-1-. The first-order valence-corrected chi connectivity index (χ1v) is 2.22. The molecule has 0 aromatic rings. The zero-order valence-electron chi connectivity index (χ0n) is 4.77. The van der Waals surface area contributed by atoms with E-state index in [1.165, 1.54) is 0 Å². The molecule has 0 fully saturated rings. The van der Waals surface area contributed by atoms with E-state index in [-0.39, 0.29) is 0 Å². The molecule has 0 rings (SSSR count). The van der Waals surface area contributed by atoms with Crippen molar-refractivity contribution in [2.24, 2.45) is 0 Å². The van der Waals surface area contributed by atoms with E-state index >= 15 is 0 Å². The molecule has 5 heteroatoms. The minimum Gasteiger partial charge on any atom is -0.478 e. The van der Waals surface area contributed by atoms with Crippen molar-refractivity contribution in [1.82, 2.24) is 0 Å². The van der Waals surface area contributed by atoms with E-state index in [0.717, 1.165) is 0 Å². The predicted molar refractivity (Wildman–Crippen MR) is 29.4 cm³/mol. The van der Waals surface area contributed by atoms with Gasteiger partial charge in [-0.05, 0) is 0 Å². The van der Waals surface area contributed by atoms with Gasteiger partial charge in [-0.3, -0.25) is 4.79 Å². The summed E-state index contributed by atoms with van der Waals surface area (Å²) in [4.78, 5) is 29.5. The Bertz CT molecular complexity index is 202. The van der Waals surface area contributed by atoms with Crippen LogP contribution in [0.2, 0.25) is 0 Å². The van der Waals surface area contributed by atoms with Gasteiger partial charge < -0.3 is 10.2 Å². The zero-order chi connectivity index (χ0) is 8.15. The van der Waals surface area contributed by atoms with Gasteiger partial charge in [0.25, 0.3) is 5.78 Å². The van der Waals surface area contributed by atoms with Gasteiger partial charge in [-0.15, -0.1) is 0 Å². The molecule has 0 bridgehead atoms. The van der Waals surface area contributed by atoms with Crippen LogP contribution in [-0.2, 0) is 14.4 Å². The molecule has 0 unspecified atom stereocenters. The van der Waals surface area contributed by atoms with Crippen LogP contribution in [0.25, 0.3) is 0 Å². The van der Waals surface area contributed by atoms with Crippen LogP contribution in [0.1, 0.15) is 0 Å². The fraction of sp³-hybridized carbons (Fsp3) is 0. The topological polar surface area (TPSA) is 91.7 Å². The van der Waals surface area contributed by atoms with Gasteiger partial charge in [0.2, 0.25) is 0 Å². The highest BCUT2D eigenvalue weighted by molar-refractivity contribution is 6.37. The largest absolute Gasteiger partial charge is 0.478 e. The van der Waals surface area contributed by atoms with Gasteiger partial charge in [0.1, 0.15) is 0 Å². The molecular formula is C5H4O5. The smallest absolute Gasteiger partial charge is 0.376 e. The van der Waals surface area contributed by atoms with E-state index in [9.17, 15) is 14.4 Å². The van der Waals surface area contributed by atoms with Gasteiger partial charge in [0, 0.05) is 12.2 Å². The summed E-state index contributed by atoms with van der Waals surface area (Å²) >= 11 is 0. The van der Waals surface area contributed by atoms with Gasteiger partial charge in [-0.1, -0.05) is 0 Å². The Kier molecular flexibility index (Phi) is 2.83. The number of rotatable bonds is 3. The molecule has 0 radical (unpaired) electrons. The van der Waals surface area contributed by atoms with Crippen molar-refractivity contribution >= 4 is 17.7 Å². The van der Waals surface area contributed by atoms with Crippen LogP contribution < -0.4 is 0 Å².